The Hall–Kier alpha value is -1.20. The molecule has 0 unspecified atom stereocenters. The number of hydrogen-bond acceptors (Lipinski definition) is 4. The average molecular weight is 377 g/mol. The van der Waals surface area contributed by atoms with Crippen molar-refractivity contribution in [2.75, 3.05) is 13.6 Å². The second-order valence-corrected chi connectivity index (χ2v) is 9.96. The molecular weight excluding hydrogens is 344 g/mol. The third-order valence-electron chi connectivity index (χ3n) is 6.84. The number of nitrogens with zero attached hydrogens (tertiary/aromatic N) is 2. The molecule has 1 aromatic rings. The van der Waals surface area contributed by atoms with E-state index in [0.717, 1.165) is 24.3 Å². The first-order chi connectivity index (χ1) is 12.2. The van der Waals surface area contributed by atoms with Crippen molar-refractivity contribution >= 4 is 17.2 Å². The maximum atomic E-state index is 12.8. The van der Waals surface area contributed by atoms with Crippen molar-refractivity contribution in [3.05, 3.63) is 28.2 Å². The van der Waals surface area contributed by atoms with Gasteiger partial charge in [-0.3, -0.25) is 4.79 Å². The third kappa shape index (κ3) is 3.13. The first-order valence-corrected chi connectivity index (χ1v) is 10.5. The van der Waals surface area contributed by atoms with Gasteiger partial charge in [-0.1, -0.05) is 26.8 Å². The van der Waals surface area contributed by atoms with E-state index in [2.05, 4.69) is 27.4 Å². The molecule has 26 heavy (non-hydrogen) atoms. The lowest BCUT2D eigenvalue weighted by atomic mass is 9.53. The van der Waals surface area contributed by atoms with E-state index < -0.39 is 6.10 Å². The molecule has 1 amide bonds. The van der Waals surface area contributed by atoms with Gasteiger partial charge in [0, 0.05) is 30.3 Å². The van der Waals surface area contributed by atoms with Crippen LogP contribution in [0.15, 0.2) is 12.7 Å². The number of likely N-dealkylation sites (N-methyl/N-ethyl adjacent to an activating group) is 1. The van der Waals surface area contributed by atoms with Gasteiger partial charge < -0.3 is 10.0 Å². The minimum atomic E-state index is -0.463. The number of aromatic nitrogens is 1. The van der Waals surface area contributed by atoms with Gasteiger partial charge in [0.1, 0.15) is 0 Å². The fourth-order valence-electron chi connectivity index (χ4n) is 5.48. The van der Waals surface area contributed by atoms with Crippen molar-refractivity contribution in [3.63, 3.8) is 0 Å². The van der Waals surface area contributed by atoms with Gasteiger partial charge in [0.2, 0.25) is 5.91 Å². The Bertz CT molecular complexity index is 700. The summed E-state index contributed by atoms with van der Waals surface area (Å²) in [7, 11) is 1.81. The number of carbonyl (C=O) groups is 1. The number of thiazole rings is 1. The van der Waals surface area contributed by atoms with Gasteiger partial charge in [0.15, 0.2) is 0 Å². The Morgan fingerprint density at radius 1 is 1.58 bits per heavy atom. The highest BCUT2D eigenvalue weighted by Crippen LogP contribution is 2.57. The highest BCUT2D eigenvalue weighted by atomic mass is 32.1. The van der Waals surface area contributed by atoms with Crippen molar-refractivity contribution in [2.45, 2.75) is 59.0 Å². The van der Waals surface area contributed by atoms with Gasteiger partial charge >= 0.3 is 0 Å². The van der Waals surface area contributed by atoms with Crippen LogP contribution in [0.4, 0.5) is 0 Å². The summed E-state index contributed by atoms with van der Waals surface area (Å²) in [5, 5.41) is 12.5. The lowest BCUT2D eigenvalue weighted by Crippen LogP contribution is -2.53. The maximum Gasteiger partial charge on any atom is 0.225 e. The first kappa shape index (κ1) is 19.6. The summed E-state index contributed by atoms with van der Waals surface area (Å²) >= 11 is 1.81. The first-order valence-electron chi connectivity index (χ1n) is 9.69. The number of carbonyl (C=O) groups excluding carboxylic acids is 1. The molecule has 144 valence electrons. The van der Waals surface area contributed by atoms with E-state index in [1.165, 1.54) is 10.6 Å². The smallest absolute Gasteiger partial charge is 0.225 e. The molecule has 6 atom stereocenters. The minimum absolute atomic E-state index is 0.0107. The number of aliphatic hydroxyl groups is 1. The fraction of sp³-hybridized carbons (Fsp3) is 0.714. The summed E-state index contributed by atoms with van der Waals surface area (Å²) < 4.78 is 0. The van der Waals surface area contributed by atoms with Crippen molar-refractivity contribution < 1.29 is 9.90 Å². The molecule has 0 aliphatic heterocycles. The summed E-state index contributed by atoms with van der Waals surface area (Å²) in [5.41, 5.74) is 1.27. The summed E-state index contributed by atoms with van der Waals surface area (Å²) in [6.45, 7) is 12.8. The number of hydrogen-bond donors (Lipinski definition) is 1. The molecule has 0 saturated heterocycles. The van der Waals surface area contributed by atoms with Gasteiger partial charge in [-0.15, -0.1) is 17.9 Å². The molecule has 1 saturated carbocycles. The topological polar surface area (TPSA) is 53.4 Å². The molecule has 4 nitrogen and oxygen atoms in total. The monoisotopic (exact) mass is 376 g/mol. The second kappa shape index (κ2) is 7.08. The maximum absolute atomic E-state index is 12.8. The number of rotatable bonds is 4. The molecule has 1 fully saturated rings. The van der Waals surface area contributed by atoms with Crippen LogP contribution >= 0.6 is 11.3 Å². The van der Waals surface area contributed by atoms with E-state index in [4.69, 9.17) is 4.98 Å². The molecule has 1 aromatic heterocycles. The van der Waals surface area contributed by atoms with E-state index in [1.807, 2.05) is 25.3 Å². The number of aryl methyl sites for hydroxylation is 1. The number of fused-ring (bicyclic) bond motifs is 2. The van der Waals surface area contributed by atoms with Crippen LogP contribution in [0.3, 0.4) is 0 Å². The third-order valence-corrected chi connectivity index (χ3v) is 7.83. The van der Waals surface area contributed by atoms with E-state index in [0.29, 0.717) is 6.54 Å². The molecule has 5 heteroatoms. The molecule has 2 aliphatic carbocycles. The normalized spacial score (nSPS) is 34.5. The van der Waals surface area contributed by atoms with Crippen LogP contribution in [0.25, 0.3) is 0 Å². The van der Waals surface area contributed by atoms with Crippen molar-refractivity contribution in [2.24, 2.45) is 23.2 Å². The number of amides is 1. The summed E-state index contributed by atoms with van der Waals surface area (Å²) in [4.78, 5) is 20.6. The van der Waals surface area contributed by atoms with E-state index in [1.54, 1.807) is 11.0 Å². The molecular formula is C21H32N2O2S. The number of aliphatic hydroxyl groups excluding tert-OH is 1. The zero-order valence-corrected chi connectivity index (χ0v) is 17.5. The molecule has 2 aliphatic rings. The molecule has 0 bridgehead atoms. The van der Waals surface area contributed by atoms with Crippen LogP contribution in [-0.4, -0.2) is 40.6 Å². The van der Waals surface area contributed by atoms with Gasteiger partial charge in [0.25, 0.3) is 0 Å². The Morgan fingerprint density at radius 2 is 2.27 bits per heavy atom. The average Bonchev–Trinajstić information content (AvgIpc) is 2.93. The van der Waals surface area contributed by atoms with E-state index in [9.17, 15) is 9.90 Å². The SMILES string of the molecule is C=CCN(C)C(=O)[C@@H](C)[C@H]1CC[C@@]2(C)Cc3sc(C)nc3[C@@H](C)[C@@H]2[C@H]1O. The molecule has 0 spiro atoms. The second-order valence-electron chi connectivity index (χ2n) is 8.68. The van der Waals surface area contributed by atoms with Gasteiger partial charge in [0.05, 0.1) is 16.8 Å². The predicted molar refractivity (Wildman–Crippen MR) is 106 cm³/mol. The van der Waals surface area contributed by atoms with Crippen LogP contribution in [0, 0.1) is 30.1 Å². The quantitative estimate of drug-likeness (QED) is 0.814. The zero-order chi connectivity index (χ0) is 19.2. The molecule has 3 rings (SSSR count). The van der Waals surface area contributed by atoms with Crippen LogP contribution in [0.1, 0.15) is 55.1 Å². The van der Waals surface area contributed by atoms with Crippen LogP contribution < -0.4 is 0 Å². The Labute approximate surface area is 161 Å². The summed E-state index contributed by atoms with van der Waals surface area (Å²) in [6, 6.07) is 0. The van der Waals surface area contributed by atoms with Crippen LogP contribution in [0.5, 0.6) is 0 Å². The lowest BCUT2D eigenvalue weighted by molar-refractivity contribution is -0.143. The summed E-state index contributed by atoms with van der Waals surface area (Å²) in [6.07, 6.45) is 4.25. The van der Waals surface area contributed by atoms with Crippen molar-refractivity contribution in [1.29, 1.82) is 0 Å². The van der Waals surface area contributed by atoms with E-state index >= 15 is 0 Å². The largest absolute Gasteiger partial charge is 0.392 e. The van der Waals surface area contributed by atoms with Crippen LogP contribution in [0.2, 0.25) is 0 Å². The Kier molecular flexibility index (Phi) is 5.33. The highest BCUT2D eigenvalue weighted by Gasteiger charge is 2.53. The van der Waals surface area contributed by atoms with Gasteiger partial charge in [-0.25, -0.2) is 4.98 Å². The standard InChI is InChI=1S/C21H32N2O2S/c1-7-10-23(6)20(25)12(2)15-8-9-21(5)11-16-18(22-14(4)26-16)13(3)17(21)19(15)24/h7,12-13,15,17,19,24H,1,8-11H2,2-6H3/t12-,13-,15+,17+,19-,21-/m0/s1. The molecule has 1 N–H and O–H groups in total. The minimum Gasteiger partial charge on any atom is -0.392 e. The summed E-state index contributed by atoms with van der Waals surface area (Å²) in [5.74, 6) is 0.336. The Morgan fingerprint density at radius 3 is 2.92 bits per heavy atom. The fourth-order valence-corrected chi connectivity index (χ4v) is 6.72. The van der Waals surface area contributed by atoms with Gasteiger partial charge in [-0.2, -0.15) is 0 Å². The molecule has 0 aromatic carbocycles. The van der Waals surface area contributed by atoms with Crippen LogP contribution in [-0.2, 0) is 11.2 Å². The van der Waals surface area contributed by atoms with Gasteiger partial charge in [-0.05, 0) is 43.4 Å². The highest BCUT2D eigenvalue weighted by molar-refractivity contribution is 7.11. The van der Waals surface area contributed by atoms with Crippen molar-refractivity contribution in [3.8, 4) is 0 Å². The zero-order valence-electron chi connectivity index (χ0n) is 16.7. The molecule has 0 radical (unpaired) electrons. The van der Waals surface area contributed by atoms with Crippen molar-refractivity contribution in [1.82, 2.24) is 9.88 Å². The van der Waals surface area contributed by atoms with E-state index in [-0.39, 0.29) is 35.0 Å². The lowest BCUT2D eigenvalue weighted by Gasteiger charge is -2.53. The predicted octanol–water partition coefficient (Wildman–Crippen LogP) is 3.79. The Balaban J connectivity index is 1.86. The molecule has 1 heterocycles.